The Kier molecular flexibility index (Phi) is 5.07. The molecule has 1 fully saturated rings. The van der Waals surface area contributed by atoms with Crippen LogP contribution in [0, 0.1) is 3.57 Å². The Hall–Kier alpha value is -0.270. The minimum atomic E-state index is 0. The Bertz CT molecular complexity index is 369. The zero-order valence-corrected chi connectivity index (χ0v) is 12.0. The average molecular weight is 356 g/mol. The van der Waals surface area contributed by atoms with Gasteiger partial charge in [0.1, 0.15) is 5.69 Å². The lowest BCUT2D eigenvalue weighted by Crippen LogP contribution is -2.52. The molecule has 1 aliphatic rings. The van der Waals surface area contributed by atoms with E-state index in [-0.39, 0.29) is 24.4 Å². The molecule has 0 spiro atoms. The molecule has 2 rings (SSSR count). The maximum atomic E-state index is 12.1. The molecule has 0 bridgehead atoms. The minimum absolute atomic E-state index is 0. The first kappa shape index (κ1) is 13.8. The summed E-state index contributed by atoms with van der Waals surface area (Å²) in [5.74, 6) is 0.104. The summed E-state index contributed by atoms with van der Waals surface area (Å²) in [7, 11) is 0. The molecule has 16 heavy (non-hydrogen) atoms. The number of aromatic amines is 1. The van der Waals surface area contributed by atoms with Crippen molar-refractivity contribution in [3.8, 4) is 0 Å². The molecule has 1 aromatic heterocycles. The van der Waals surface area contributed by atoms with Crippen LogP contribution in [0.15, 0.2) is 12.3 Å². The van der Waals surface area contributed by atoms with Gasteiger partial charge in [-0.05, 0) is 35.6 Å². The molecule has 0 unspecified atom stereocenters. The number of hydrogen-bond acceptors (Lipinski definition) is 2. The topological polar surface area (TPSA) is 48.1 Å². The molecule has 4 nitrogen and oxygen atoms in total. The summed E-state index contributed by atoms with van der Waals surface area (Å²) in [4.78, 5) is 17.0. The van der Waals surface area contributed by atoms with Crippen LogP contribution in [0.3, 0.4) is 0 Å². The number of carbonyl (C=O) groups is 1. The molecule has 6 heteroatoms. The zero-order valence-electron chi connectivity index (χ0n) is 9.00. The van der Waals surface area contributed by atoms with Crippen LogP contribution in [0.25, 0.3) is 0 Å². The second-order valence-corrected chi connectivity index (χ2v) is 5.03. The summed E-state index contributed by atoms with van der Waals surface area (Å²) in [6, 6.07) is 2.16. The van der Waals surface area contributed by atoms with Crippen molar-refractivity contribution < 1.29 is 4.79 Å². The van der Waals surface area contributed by atoms with E-state index < -0.39 is 0 Å². The Balaban J connectivity index is 0.00000128. The molecule has 1 aromatic rings. The molecule has 1 saturated heterocycles. The second-order valence-electron chi connectivity index (χ2n) is 3.78. The molecule has 90 valence electrons. The highest BCUT2D eigenvalue weighted by molar-refractivity contribution is 14.1. The lowest BCUT2D eigenvalue weighted by molar-refractivity contribution is 0.0650. The number of nitrogens with zero attached hydrogens (tertiary/aromatic N) is 1. The van der Waals surface area contributed by atoms with Gasteiger partial charge in [-0.15, -0.1) is 12.4 Å². The lowest BCUT2D eigenvalue weighted by atomic mass is 10.2. The zero-order chi connectivity index (χ0) is 10.8. The smallest absolute Gasteiger partial charge is 0.270 e. The highest BCUT2D eigenvalue weighted by atomic mass is 127. The molecular formula is C10H15ClIN3O. The van der Waals surface area contributed by atoms with Crippen molar-refractivity contribution in [3.63, 3.8) is 0 Å². The van der Waals surface area contributed by atoms with Gasteiger partial charge in [0, 0.05) is 35.4 Å². The highest BCUT2D eigenvalue weighted by Gasteiger charge is 2.24. The van der Waals surface area contributed by atoms with Crippen molar-refractivity contribution in [2.24, 2.45) is 0 Å². The number of nitrogens with one attached hydrogen (secondary N) is 2. The quantitative estimate of drug-likeness (QED) is 0.750. The van der Waals surface area contributed by atoms with E-state index in [0.29, 0.717) is 5.69 Å². The number of aromatic nitrogens is 1. The fraction of sp³-hybridized carbons (Fsp3) is 0.500. The molecule has 0 saturated carbocycles. The first-order valence-electron chi connectivity index (χ1n) is 5.04. The van der Waals surface area contributed by atoms with E-state index in [9.17, 15) is 4.79 Å². The third-order valence-corrected chi connectivity index (χ3v) is 3.26. The van der Waals surface area contributed by atoms with Gasteiger partial charge in [0.05, 0.1) is 0 Å². The third kappa shape index (κ3) is 2.89. The maximum Gasteiger partial charge on any atom is 0.270 e. The van der Waals surface area contributed by atoms with Crippen LogP contribution >= 0.6 is 35.0 Å². The van der Waals surface area contributed by atoms with Crippen molar-refractivity contribution >= 4 is 40.9 Å². The summed E-state index contributed by atoms with van der Waals surface area (Å²) < 4.78 is 1.07. The molecule has 2 heterocycles. The highest BCUT2D eigenvalue weighted by Crippen LogP contribution is 2.12. The first-order valence-corrected chi connectivity index (χ1v) is 6.12. The predicted molar refractivity (Wildman–Crippen MR) is 74.1 cm³/mol. The first-order chi connectivity index (χ1) is 7.18. The van der Waals surface area contributed by atoms with Gasteiger partial charge in [0.2, 0.25) is 0 Å². The van der Waals surface area contributed by atoms with Gasteiger partial charge in [-0.25, -0.2) is 0 Å². The van der Waals surface area contributed by atoms with Crippen molar-refractivity contribution in [2.45, 2.75) is 13.0 Å². The Morgan fingerprint density at radius 1 is 1.62 bits per heavy atom. The van der Waals surface area contributed by atoms with Crippen LogP contribution in [-0.2, 0) is 0 Å². The molecule has 0 aliphatic carbocycles. The molecule has 1 amide bonds. The number of rotatable bonds is 1. The van der Waals surface area contributed by atoms with E-state index in [1.807, 2.05) is 17.2 Å². The normalized spacial score (nSPS) is 20.4. The van der Waals surface area contributed by atoms with E-state index >= 15 is 0 Å². The van der Waals surface area contributed by atoms with Gasteiger partial charge in [-0.1, -0.05) is 0 Å². The van der Waals surface area contributed by atoms with Crippen molar-refractivity contribution in [1.29, 1.82) is 0 Å². The van der Waals surface area contributed by atoms with Gasteiger partial charge >= 0.3 is 0 Å². The fourth-order valence-corrected chi connectivity index (χ4v) is 2.26. The van der Waals surface area contributed by atoms with E-state index in [2.05, 4.69) is 39.8 Å². The minimum Gasteiger partial charge on any atom is -0.356 e. The molecule has 1 atom stereocenters. The maximum absolute atomic E-state index is 12.1. The SMILES string of the molecule is C[C@@H]1CNCCN1C(=O)c1cc(I)c[nH]1.Cl. The van der Waals surface area contributed by atoms with E-state index in [1.54, 1.807) is 0 Å². The van der Waals surface area contributed by atoms with Gasteiger partial charge in [0.15, 0.2) is 0 Å². The monoisotopic (exact) mass is 355 g/mol. The van der Waals surface area contributed by atoms with Gasteiger partial charge in [-0.2, -0.15) is 0 Å². The van der Waals surface area contributed by atoms with Crippen LogP contribution in [-0.4, -0.2) is 41.5 Å². The number of hydrogen-bond donors (Lipinski definition) is 2. The Morgan fingerprint density at radius 2 is 2.38 bits per heavy atom. The fourth-order valence-electron chi connectivity index (χ4n) is 1.79. The van der Waals surface area contributed by atoms with Crippen LogP contribution in [0.4, 0.5) is 0 Å². The van der Waals surface area contributed by atoms with E-state index in [0.717, 1.165) is 23.2 Å². The Labute approximate surface area is 115 Å². The summed E-state index contributed by atoms with van der Waals surface area (Å²) in [5, 5.41) is 3.27. The van der Waals surface area contributed by atoms with Crippen LogP contribution in [0.5, 0.6) is 0 Å². The number of carbonyl (C=O) groups excluding carboxylic acids is 1. The lowest BCUT2D eigenvalue weighted by Gasteiger charge is -2.33. The molecule has 0 radical (unpaired) electrons. The second kappa shape index (κ2) is 5.88. The van der Waals surface area contributed by atoms with Gasteiger partial charge in [-0.3, -0.25) is 4.79 Å². The van der Waals surface area contributed by atoms with E-state index in [4.69, 9.17) is 0 Å². The third-order valence-electron chi connectivity index (χ3n) is 2.64. The van der Waals surface area contributed by atoms with Gasteiger partial charge < -0.3 is 15.2 Å². The largest absolute Gasteiger partial charge is 0.356 e. The van der Waals surface area contributed by atoms with Crippen LogP contribution < -0.4 is 5.32 Å². The number of H-pyrrole nitrogens is 1. The predicted octanol–water partition coefficient (Wildman–Crippen LogP) is 1.47. The van der Waals surface area contributed by atoms with Crippen molar-refractivity contribution in [1.82, 2.24) is 15.2 Å². The molecule has 1 aliphatic heterocycles. The average Bonchev–Trinajstić information content (AvgIpc) is 2.65. The van der Waals surface area contributed by atoms with Crippen molar-refractivity contribution in [2.75, 3.05) is 19.6 Å². The summed E-state index contributed by atoms with van der Waals surface area (Å²) in [6.07, 6.45) is 1.85. The molecule has 0 aromatic carbocycles. The van der Waals surface area contributed by atoms with Crippen molar-refractivity contribution in [3.05, 3.63) is 21.5 Å². The van der Waals surface area contributed by atoms with Crippen LogP contribution in [0.2, 0.25) is 0 Å². The summed E-state index contributed by atoms with van der Waals surface area (Å²) >= 11 is 2.20. The molecular weight excluding hydrogens is 340 g/mol. The molecule has 2 N–H and O–H groups in total. The summed E-state index contributed by atoms with van der Waals surface area (Å²) in [6.45, 7) is 4.62. The van der Waals surface area contributed by atoms with Gasteiger partial charge in [0.25, 0.3) is 5.91 Å². The van der Waals surface area contributed by atoms with Crippen LogP contribution in [0.1, 0.15) is 17.4 Å². The number of halogens is 2. The number of amides is 1. The standard InChI is InChI=1S/C10H14IN3O.ClH/c1-7-5-12-2-3-14(7)10(15)9-4-8(11)6-13-9;/h4,6-7,12-13H,2-3,5H2,1H3;1H/t7-;/m1./s1. The summed E-state index contributed by atoms with van der Waals surface area (Å²) in [5.41, 5.74) is 0.688. The van der Waals surface area contributed by atoms with E-state index in [1.165, 1.54) is 0 Å². The number of piperazine rings is 1. The Morgan fingerprint density at radius 3 is 2.94 bits per heavy atom.